The highest BCUT2D eigenvalue weighted by Crippen LogP contribution is 2.33. The summed E-state index contributed by atoms with van der Waals surface area (Å²) in [5.74, 6) is 2.38. The molecule has 0 N–H and O–H groups in total. The molecule has 104 valence electrons. The zero-order valence-corrected chi connectivity index (χ0v) is 12.9. The highest BCUT2D eigenvalue weighted by molar-refractivity contribution is 8.17. The first kappa shape index (κ1) is 14.8. The van der Waals surface area contributed by atoms with E-state index in [-0.39, 0.29) is 5.97 Å². The molecule has 0 radical (unpaired) electrons. The highest BCUT2D eigenvalue weighted by Gasteiger charge is 2.14. The Morgan fingerprint density at radius 1 is 1.26 bits per heavy atom. The number of rotatable bonds is 5. The Kier molecular flexibility index (Phi) is 6.11. The molecular weight excluding hydrogens is 276 g/mol. The lowest BCUT2D eigenvalue weighted by molar-refractivity contribution is 0.0526. The number of carbonyl (C=O) groups excluding carboxylic acids is 1. The number of thioether (sulfide) groups is 2. The van der Waals surface area contributed by atoms with Gasteiger partial charge in [0.05, 0.1) is 16.8 Å². The Morgan fingerprint density at radius 2 is 1.95 bits per heavy atom. The first-order valence-corrected chi connectivity index (χ1v) is 8.88. The van der Waals surface area contributed by atoms with Gasteiger partial charge in [0.2, 0.25) is 0 Å². The van der Waals surface area contributed by atoms with Gasteiger partial charge in [0.1, 0.15) is 0 Å². The SMILES string of the molecule is CCOC(=O)c1ccc(CCC2SCCCS2)cc1. The van der Waals surface area contributed by atoms with Crippen LogP contribution in [0.3, 0.4) is 0 Å². The third-order valence-corrected chi connectivity index (χ3v) is 6.11. The van der Waals surface area contributed by atoms with E-state index in [1.54, 1.807) is 0 Å². The van der Waals surface area contributed by atoms with Crippen LogP contribution in [0.5, 0.6) is 0 Å². The number of hydrogen-bond acceptors (Lipinski definition) is 4. The average molecular weight is 296 g/mol. The summed E-state index contributed by atoms with van der Waals surface area (Å²) < 4.78 is 5.73. The summed E-state index contributed by atoms with van der Waals surface area (Å²) in [6.07, 6.45) is 3.65. The first-order chi connectivity index (χ1) is 9.29. The molecule has 0 unspecified atom stereocenters. The van der Waals surface area contributed by atoms with Crippen molar-refractivity contribution < 1.29 is 9.53 Å². The van der Waals surface area contributed by atoms with E-state index < -0.39 is 0 Å². The van der Waals surface area contributed by atoms with Crippen LogP contribution in [-0.4, -0.2) is 28.7 Å². The van der Waals surface area contributed by atoms with Crippen molar-refractivity contribution >= 4 is 29.5 Å². The third kappa shape index (κ3) is 4.77. The van der Waals surface area contributed by atoms with E-state index in [1.807, 2.05) is 31.2 Å². The van der Waals surface area contributed by atoms with E-state index in [0.29, 0.717) is 12.2 Å². The van der Waals surface area contributed by atoms with Gasteiger partial charge in [0.15, 0.2) is 0 Å². The van der Waals surface area contributed by atoms with Crippen LogP contribution in [0.1, 0.15) is 35.7 Å². The summed E-state index contributed by atoms with van der Waals surface area (Å²) in [6, 6.07) is 7.83. The van der Waals surface area contributed by atoms with Crippen LogP contribution < -0.4 is 0 Å². The standard InChI is InChI=1S/C15H20O2S2/c1-2-17-15(16)13-7-4-12(5-8-13)6-9-14-18-10-3-11-19-14/h4-5,7-8,14H,2-3,6,9-11H2,1H3. The van der Waals surface area contributed by atoms with Gasteiger partial charge in [0, 0.05) is 0 Å². The molecule has 1 aromatic carbocycles. The molecule has 4 heteroatoms. The molecular formula is C15H20O2S2. The van der Waals surface area contributed by atoms with Crippen molar-refractivity contribution in [3.05, 3.63) is 35.4 Å². The summed E-state index contributed by atoms with van der Waals surface area (Å²) in [4.78, 5) is 11.5. The van der Waals surface area contributed by atoms with Gasteiger partial charge in [-0.1, -0.05) is 12.1 Å². The van der Waals surface area contributed by atoms with E-state index >= 15 is 0 Å². The number of hydrogen-bond donors (Lipinski definition) is 0. The van der Waals surface area contributed by atoms with Gasteiger partial charge in [0.25, 0.3) is 0 Å². The second kappa shape index (κ2) is 7.85. The third-order valence-electron chi connectivity index (χ3n) is 3.03. The second-order valence-electron chi connectivity index (χ2n) is 4.48. The van der Waals surface area contributed by atoms with Crippen molar-refractivity contribution in [2.45, 2.75) is 30.8 Å². The summed E-state index contributed by atoms with van der Waals surface area (Å²) in [5, 5.41) is 0. The van der Waals surface area contributed by atoms with E-state index in [1.165, 1.54) is 29.9 Å². The smallest absolute Gasteiger partial charge is 0.338 e. The van der Waals surface area contributed by atoms with Crippen molar-refractivity contribution in [1.82, 2.24) is 0 Å². The topological polar surface area (TPSA) is 26.3 Å². The maximum atomic E-state index is 11.5. The normalized spacial score (nSPS) is 16.3. The van der Waals surface area contributed by atoms with Crippen LogP contribution in [0.15, 0.2) is 24.3 Å². The second-order valence-corrected chi connectivity index (χ2v) is 7.40. The number of benzene rings is 1. The largest absolute Gasteiger partial charge is 0.462 e. The van der Waals surface area contributed by atoms with E-state index in [4.69, 9.17) is 4.74 Å². The minimum absolute atomic E-state index is 0.229. The van der Waals surface area contributed by atoms with E-state index in [0.717, 1.165) is 11.0 Å². The van der Waals surface area contributed by atoms with Crippen LogP contribution in [0.25, 0.3) is 0 Å². The summed E-state index contributed by atoms with van der Waals surface area (Å²) in [6.45, 7) is 2.25. The Bertz CT molecular complexity index is 397. The lowest BCUT2D eigenvalue weighted by Crippen LogP contribution is -2.08. The molecule has 0 bridgehead atoms. The van der Waals surface area contributed by atoms with Gasteiger partial charge in [-0.15, -0.1) is 23.5 Å². The fourth-order valence-electron chi connectivity index (χ4n) is 2.01. The van der Waals surface area contributed by atoms with Gasteiger partial charge in [-0.05, 0) is 55.4 Å². The number of ether oxygens (including phenoxy) is 1. The number of carbonyl (C=O) groups is 1. The molecule has 1 heterocycles. The zero-order chi connectivity index (χ0) is 13.5. The minimum Gasteiger partial charge on any atom is -0.462 e. The van der Waals surface area contributed by atoms with Crippen molar-refractivity contribution in [1.29, 1.82) is 0 Å². The molecule has 2 nitrogen and oxygen atoms in total. The minimum atomic E-state index is -0.229. The molecule has 0 atom stereocenters. The molecule has 0 spiro atoms. The molecule has 1 aliphatic rings. The van der Waals surface area contributed by atoms with Crippen LogP contribution in [0.2, 0.25) is 0 Å². The number of aryl methyl sites for hydroxylation is 1. The first-order valence-electron chi connectivity index (χ1n) is 6.79. The van der Waals surface area contributed by atoms with Crippen molar-refractivity contribution in [3.63, 3.8) is 0 Å². The highest BCUT2D eigenvalue weighted by atomic mass is 32.2. The molecule has 1 saturated heterocycles. The molecule has 0 aromatic heterocycles. The molecule has 1 aromatic rings. The van der Waals surface area contributed by atoms with E-state index in [2.05, 4.69) is 23.5 Å². The van der Waals surface area contributed by atoms with Crippen molar-refractivity contribution in [2.24, 2.45) is 0 Å². The maximum Gasteiger partial charge on any atom is 0.338 e. The Labute approximate surface area is 123 Å². The molecule has 0 aliphatic carbocycles. The zero-order valence-electron chi connectivity index (χ0n) is 11.3. The average Bonchev–Trinajstić information content (AvgIpc) is 2.47. The molecule has 19 heavy (non-hydrogen) atoms. The molecule has 0 saturated carbocycles. The van der Waals surface area contributed by atoms with Crippen LogP contribution in [-0.2, 0) is 11.2 Å². The van der Waals surface area contributed by atoms with Gasteiger partial charge in [-0.2, -0.15) is 0 Å². The van der Waals surface area contributed by atoms with Gasteiger partial charge in [-0.3, -0.25) is 0 Å². The molecule has 1 aliphatic heterocycles. The van der Waals surface area contributed by atoms with E-state index in [9.17, 15) is 4.79 Å². The Balaban J connectivity index is 1.82. The summed E-state index contributed by atoms with van der Waals surface area (Å²) >= 11 is 4.17. The summed E-state index contributed by atoms with van der Waals surface area (Å²) in [7, 11) is 0. The predicted octanol–water partition coefficient (Wildman–Crippen LogP) is 3.99. The Hall–Kier alpha value is -0.610. The lowest BCUT2D eigenvalue weighted by atomic mass is 10.1. The van der Waals surface area contributed by atoms with Crippen molar-refractivity contribution in [3.8, 4) is 0 Å². The van der Waals surface area contributed by atoms with Crippen LogP contribution >= 0.6 is 23.5 Å². The molecule has 1 fully saturated rings. The van der Waals surface area contributed by atoms with Crippen LogP contribution in [0.4, 0.5) is 0 Å². The monoisotopic (exact) mass is 296 g/mol. The predicted molar refractivity (Wildman–Crippen MR) is 84.0 cm³/mol. The fraction of sp³-hybridized carbons (Fsp3) is 0.533. The number of esters is 1. The van der Waals surface area contributed by atoms with Crippen molar-refractivity contribution in [2.75, 3.05) is 18.1 Å². The lowest BCUT2D eigenvalue weighted by Gasteiger charge is -2.20. The van der Waals surface area contributed by atoms with Crippen LogP contribution in [0, 0.1) is 0 Å². The summed E-state index contributed by atoms with van der Waals surface area (Å²) in [5.41, 5.74) is 1.95. The Morgan fingerprint density at radius 3 is 2.58 bits per heavy atom. The molecule has 0 amide bonds. The van der Waals surface area contributed by atoms with Gasteiger partial charge >= 0.3 is 5.97 Å². The molecule has 2 rings (SSSR count). The van der Waals surface area contributed by atoms with Gasteiger partial charge in [-0.25, -0.2) is 4.79 Å². The van der Waals surface area contributed by atoms with Gasteiger partial charge < -0.3 is 4.74 Å². The maximum absolute atomic E-state index is 11.5. The fourth-order valence-corrected chi connectivity index (χ4v) is 4.87. The quantitative estimate of drug-likeness (QED) is 0.767.